The van der Waals surface area contributed by atoms with Crippen molar-refractivity contribution in [1.82, 2.24) is 9.88 Å². The Labute approximate surface area is 148 Å². The maximum Gasteiger partial charge on any atom is 0.415 e. The third kappa shape index (κ3) is 2.63. The van der Waals surface area contributed by atoms with Crippen molar-refractivity contribution in [3.8, 4) is 5.69 Å². The van der Waals surface area contributed by atoms with Crippen LogP contribution in [0.4, 0.5) is 14.9 Å². The van der Waals surface area contributed by atoms with Crippen LogP contribution in [0.15, 0.2) is 41.5 Å². The highest BCUT2D eigenvalue weighted by Crippen LogP contribution is 2.40. The number of benzene rings is 1. The lowest BCUT2D eigenvalue weighted by Gasteiger charge is -2.16. The number of hydrogen-bond donors (Lipinski definition) is 1. The fraction of sp³-hybridized carbons (Fsp3) is 0.278. The van der Waals surface area contributed by atoms with Crippen molar-refractivity contribution in [2.75, 3.05) is 11.4 Å². The summed E-state index contributed by atoms with van der Waals surface area (Å²) in [7, 11) is 0. The Morgan fingerprint density at radius 1 is 1.27 bits per heavy atom. The molecular weight excluding hydrogens is 341 g/mol. The summed E-state index contributed by atoms with van der Waals surface area (Å²) < 4.78 is 21.5. The highest BCUT2D eigenvalue weighted by Gasteiger charge is 2.47. The van der Waals surface area contributed by atoms with Gasteiger partial charge in [0.2, 0.25) is 5.91 Å². The molecule has 2 aliphatic rings. The lowest BCUT2D eigenvalue weighted by atomic mass is 10.0. The third-order valence-corrected chi connectivity index (χ3v) is 4.68. The van der Waals surface area contributed by atoms with Crippen LogP contribution < -0.4 is 15.6 Å². The summed E-state index contributed by atoms with van der Waals surface area (Å²) in [5.41, 5.74) is 1.44. The van der Waals surface area contributed by atoms with E-state index in [1.807, 2.05) is 0 Å². The van der Waals surface area contributed by atoms with Crippen LogP contribution in [-0.2, 0) is 16.0 Å². The SMILES string of the molecule is CC(=O)NC[C@@H]1OC(=O)N2c3cc(F)c(-n4ccc(=O)cc4)cc3C[C@@H]12. The van der Waals surface area contributed by atoms with E-state index in [0.29, 0.717) is 17.8 Å². The van der Waals surface area contributed by atoms with Crippen molar-refractivity contribution in [2.24, 2.45) is 0 Å². The van der Waals surface area contributed by atoms with E-state index in [9.17, 15) is 18.8 Å². The van der Waals surface area contributed by atoms with Gasteiger partial charge in [-0.05, 0) is 18.1 Å². The van der Waals surface area contributed by atoms with Gasteiger partial charge in [0.1, 0.15) is 11.9 Å². The highest BCUT2D eigenvalue weighted by molar-refractivity contribution is 5.94. The monoisotopic (exact) mass is 357 g/mol. The predicted octanol–water partition coefficient (Wildman–Crippen LogP) is 1.36. The summed E-state index contributed by atoms with van der Waals surface area (Å²) in [6.45, 7) is 1.61. The van der Waals surface area contributed by atoms with E-state index in [1.165, 1.54) is 47.0 Å². The second-order valence-corrected chi connectivity index (χ2v) is 6.37. The number of rotatable bonds is 3. The molecule has 1 aromatic heterocycles. The standard InChI is InChI=1S/C18H16FN3O4/c1-10(23)20-9-17-16-7-11-6-15(21-4-2-12(24)3-5-21)13(19)8-14(11)22(16)18(25)26-17/h2-6,8,16-17H,7,9H2,1H3,(H,20,23)/t16-,17-/m0/s1. The average molecular weight is 357 g/mol. The van der Waals surface area contributed by atoms with Gasteiger partial charge in [0, 0.05) is 37.5 Å². The number of aromatic nitrogens is 1. The number of halogens is 1. The number of carbonyl (C=O) groups excluding carboxylic acids is 2. The molecule has 26 heavy (non-hydrogen) atoms. The van der Waals surface area contributed by atoms with Crippen LogP contribution in [0.1, 0.15) is 12.5 Å². The van der Waals surface area contributed by atoms with Gasteiger partial charge < -0.3 is 14.6 Å². The molecule has 7 nitrogen and oxygen atoms in total. The van der Waals surface area contributed by atoms with Crippen LogP contribution in [0.25, 0.3) is 5.69 Å². The van der Waals surface area contributed by atoms with Crippen LogP contribution in [0.3, 0.4) is 0 Å². The summed E-state index contributed by atoms with van der Waals surface area (Å²) in [6.07, 6.45) is 2.46. The molecule has 0 radical (unpaired) electrons. The van der Waals surface area contributed by atoms with E-state index in [0.717, 1.165) is 5.56 Å². The molecule has 3 heterocycles. The van der Waals surface area contributed by atoms with E-state index in [1.54, 1.807) is 6.07 Å². The molecule has 2 amide bonds. The Morgan fingerprint density at radius 3 is 2.69 bits per heavy atom. The Morgan fingerprint density at radius 2 is 2.00 bits per heavy atom. The van der Waals surface area contributed by atoms with Gasteiger partial charge in [-0.25, -0.2) is 9.18 Å². The number of nitrogens with zero attached hydrogens (tertiary/aromatic N) is 2. The number of carbonyl (C=O) groups is 2. The zero-order valence-corrected chi connectivity index (χ0v) is 13.9. The van der Waals surface area contributed by atoms with Crippen molar-refractivity contribution >= 4 is 17.7 Å². The van der Waals surface area contributed by atoms with Gasteiger partial charge in [-0.2, -0.15) is 0 Å². The maximum atomic E-state index is 14.6. The van der Waals surface area contributed by atoms with E-state index in [-0.39, 0.29) is 23.9 Å². The van der Waals surface area contributed by atoms with Gasteiger partial charge in [-0.15, -0.1) is 0 Å². The lowest BCUT2D eigenvalue weighted by Crippen LogP contribution is -2.40. The molecule has 1 N–H and O–H groups in total. The Kier molecular flexibility index (Phi) is 3.75. The molecule has 2 aromatic rings. The smallest absolute Gasteiger partial charge is 0.415 e. The second kappa shape index (κ2) is 5.98. The Balaban J connectivity index is 1.67. The van der Waals surface area contributed by atoms with Crippen molar-refractivity contribution in [3.05, 3.63) is 58.3 Å². The van der Waals surface area contributed by atoms with E-state index < -0.39 is 18.0 Å². The number of hydrogen-bond acceptors (Lipinski definition) is 4. The van der Waals surface area contributed by atoms with Crippen LogP contribution in [0.2, 0.25) is 0 Å². The van der Waals surface area contributed by atoms with E-state index in [2.05, 4.69) is 5.32 Å². The third-order valence-electron chi connectivity index (χ3n) is 4.68. The fourth-order valence-electron chi connectivity index (χ4n) is 3.47. The predicted molar refractivity (Wildman–Crippen MR) is 90.9 cm³/mol. The number of amides is 2. The highest BCUT2D eigenvalue weighted by atomic mass is 19.1. The van der Waals surface area contributed by atoms with Gasteiger partial charge in [0.15, 0.2) is 5.43 Å². The van der Waals surface area contributed by atoms with Gasteiger partial charge in [-0.3, -0.25) is 14.5 Å². The number of cyclic esters (lactones) is 1. The van der Waals surface area contributed by atoms with Crippen molar-refractivity contribution in [2.45, 2.75) is 25.5 Å². The first-order chi connectivity index (χ1) is 12.4. The normalized spacial score (nSPS) is 20.5. The molecule has 1 saturated heterocycles. The molecule has 134 valence electrons. The molecule has 0 unspecified atom stereocenters. The van der Waals surface area contributed by atoms with Crippen LogP contribution >= 0.6 is 0 Å². The summed E-state index contributed by atoms with van der Waals surface area (Å²) in [5.74, 6) is -0.715. The van der Waals surface area contributed by atoms with Crippen molar-refractivity contribution in [3.63, 3.8) is 0 Å². The van der Waals surface area contributed by atoms with Gasteiger partial charge in [0.25, 0.3) is 0 Å². The van der Waals surface area contributed by atoms with Crippen LogP contribution in [0.5, 0.6) is 0 Å². The van der Waals surface area contributed by atoms with Crippen molar-refractivity contribution < 1.29 is 18.7 Å². The molecule has 8 heteroatoms. The largest absolute Gasteiger partial charge is 0.442 e. The van der Waals surface area contributed by atoms with Crippen molar-refractivity contribution in [1.29, 1.82) is 0 Å². The number of anilines is 1. The molecule has 2 aliphatic heterocycles. The maximum absolute atomic E-state index is 14.6. The average Bonchev–Trinajstić information content (AvgIpc) is 3.11. The van der Waals surface area contributed by atoms with E-state index in [4.69, 9.17) is 4.74 Å². The minimum Gasteiger partial charge on any atom is -0.442 e. The van der Waals surface area contributed by atoms with Gasteiger partial charge in [-0.1, -0.05) is 0 Å². The molecular formula is C18H16FN3O4. The number of fused-ring (bicyclic) bond motifs is 3. The summed E-state index contributed by atoms with van der Waals surface area (Å²) in [5, 5.41) is 2.65. The van der Waals surface area contributed by atoms with Gasteiger partial charge >= 0.3 is 6.09 Å². The Hall–Kier alpha value is -3.16. The number of ether oxygens (including phenoxy) is 1. The molecule has 1 aromatic carbocycles. The van der Waals surface area contributed by atoms with Crippen LogP contribution in [0, 0.1) is 5.82 Å². The quantitative estimate of drug-likeness (QED) is 0.900. The molecule has 0 spiro atoms. The number of nitrogens with one attached hydrogen (secondary N) is 1. The minimum atomic E-state index is -0.542. The molecule has 0 aliphatic carbocycles. The van der Waals surface area contributed by atoms with E-state index >= 15 is 0 Å². The molecule has 4 rings (SSSR count). The first-order valence-corrected chi connectivity index (χ1v) is 8.19. The first kappa shape index (κ1) is 16.3. The molecule has 0 bridgehead atoms. The Bertz CT molecular complexity index is 951. The second-order valence-electron chi connectivity index (χ2n) is 6.37. The van der Waals surface area contributed by atoms with Crippen LogP contribution in [-0.4, -0.2) is 35.3 Å². The molecule has 1 fully saturated rings. The summed E-state index contributed by atoms with van der Waals surface area (Å²) >= 11 is 0. The van der Waals surface area contributed by atoms with Gasteiger partial charge in [0.05, 0.1) is 24.0 Å². The zero-order valence-electron chi connectivity index (χ0n) is 13.9. The topological polar surface area (TPSA) is 80.6 Å². The number of pyridine rings is 1. The fourth-order valence-corrected chi connectivity index (χ4v) is 3.47. The summed E-state index contributed by atoms with van der Waals surface area (Å²) in [6, 6.07) is 5.41. The first-order valence-electron chi connectivity index (χ1n) is 8.19. The zero-order chi connectivity index (χ0) is 18.4. The molecule has 0 saturated carbocycles. The lowest BCUT2D eigenvalue weighted by molar-refractivity contribution is -0.119. The molecule has 2 atom stereocenters. The minimum absolute atomic E-state index is 0.160. The summed E-state index contributed by atoms with van der Waals surface area (Å²) in [4.78, 5) is 36.0.